The van der Waals surface area contributed by atoms with Gasteiger partial charge < -0.3 is 9.80 Å². The van der Waals surface area contributed by atoms with E-state index in [0.29, 0.717) is 12.3 Å². The molecule has 0 aliphatic carbocycles. The smallest absolute Gasteiger partial charge is 0.226 e. The largest absolute Gasteiger partial charge is 0.311 e. The number of carbonyl (C=O) groups is 1. The lowest BCUT2D eigenvalue weighted by Crippen LogP contribution is -2.42. The van der Waals surface area contributed by atoms with Crippen LogP contribution in [0.3, 0.4) is 0 Å². The highest BCUT2D eigenvalue weighted by molar-refractivity contribution is 5.93. The molecule has 1 amide bonds. The fourth-order valence-corrected chi connectivity index (χ4v) is 3.92. The number of halogens is 1. The first-order valence-electron chi connectivity index (χ1n) is 10.4. The average molecular weight is 383 g/mol. The molecule has 3 nitrogen and oxygen atoms in total. The van der Waals surface area contributed by atoms with Gasteiger partial charge in [0.2, 0.25) is 5.91 Å². The third-order valence-electron chi connectivity index (χ3n) is 5.73. The Hall–Kier alpha value is -2.20. The first-order valence-corrected chi connectivity index (χ1v) is 10.4. The number of aryl methyl sites for hydroxylation is 1. The fraction of sp³-hybridized carbons (Fsp3) is 0.458. The van der Waals surface area contributed by atoms with Crippen molar-refractivity contribution in [2.24, 2.45) is 5.92 Å². The Balaban J connectivity index is 1.49. The molecule has 4 heteroatoms. The Bertz CT molecular complexity index is 749. The van der Waals surface area contributed by atoms with Gasteiger partial charge in [-0.25, -0.2) is 4.39 Å². The highest BCUT2D eigenvalue weighted by Gasteiger charge is 2.21. The summed E-state index contributed by atoms with van der Waals surface area (Å²) in [6.45, 7) is 7.75. The molecule has 0 saturated carbocycles. The van der Waals surface area contributed by atoms with Crippen LogP contribution >= 0.6 is 0 Å². The summed E-state index contributed by atoms with van der Waals surface area (Å²) in [6.07, 6.45) is 3.86. The van der Waals surface area contributed by atoms with Crippen molar-refractivity contribution in [1.29, 1.82) is 0 Å². The van der Waals surface area contributed by atoms with Crippen LogP contribution in [0.25, 0.3) is 0 Å². The monoisotopic (exact) mass is 382 g/mol. The minimum absolute atomic E-state index is 0.168. The molecule has 0 radical (unpaired) electrons. The Morgan fingerprint density at radius 1 is 1.07 bits per heavy atom. The Labute approximate surface area is 168 Å². The second-order valence-electron chi connectivity index (χ2n) is 7.85. The van der Waals surface area contributed by atoms with Gasteiger partial charge in [0.1, 0.15) is 5.82 Å². The number of amides is 1. The molecule has 0 N–H and O–H groups in total. The van der Waals surface area contributed by atoms with Gasteiger partial charge in [-0.15, -0.1) is 0 Å². The summed E-state index contributed by atoms with van der Waals surface area (Å²) in [7, 11) is 0. The van der Waals surface area contributed by atoms with Crippen LogP contribution in [0.5, 0.6) is 0 Å². The molecule has 1 heterocycles. The molecule has 2 aromatic carbocycles. The zero-order valence-electron chi connectivity index (χ0n) is 17.0. The highest BCUT2D eigenvalue weighted by atomic mass is 19.1. The van der Waals surface area contributed by atoms with Crippen LogP contribution in [0.15, 0.2) is 48.5 Å². The molecule has 150 valence electrons. The van der Waals surface area contributed by atoms with Crippen LogP contribution in [0.1, 0.15) is 37.3 Å². The van der Waals surface area contributed by atoms with E-state index in [-0.39, 0.29) is 11.7 Å². The van der Waals surface area contributed by atoms with Crippen molar-refractivity contribution in [2.75, 3.05) is 31.1 Å². The van der Waals surface area contributed by atoms with Gasteiger partial charge in [0, 0.05) is 25.2 Å². The number of piperidine rings is 1. The molecule has 28 heavy (non-hydrogen) atoms. The Morgan fingerprint density at radius 3 is 2.32 bits per heavy atom. The van der Waals surface area contributed by atoms with E-state index in [2.05, 4.69) is 24.0 Å². The van der Waals surface area contributed by atoms with Crippen LogP contribution in [-0.2, 0) is 11.2 Å². The zero-order valence-corrected chi connectivity index (χ0v) is 17.0. The van der Waals surface area contributed by atoms with E-state index in [1.807, 2.05) is 36.1 Å². The van der Waals surface area contributed by atoms with Crippen molar-refractivity contribution >= 4 is 11.6 Å². The molecule has 1 fully saturated rings. The van der Waals surface area contributed by atoms with Gasteiger partial charge in [-0.3, -0.25) is 4.79 Å². The first kappa shape index (κ1) is 20.5. The summed E-state index contributed by atoms with van der Waals surface area (Å²) < 4.78 is 13.1. The molecular weight excluding hydrogens is 351 g/mol. The van der Waals surface area contributed by atoms with Crippen LogP contribution in [0.2, 0.25) is 0 Å². The van der Waals surface area contributed by atoms with Crippen LogP contribution in [0.4, 0.5) is 10.1 Å². The predicted molar refractivity (Wildman–Crippen MR) is 113 cm³/mol. The lowest BCUT2D eigenvalue weighted by molar-refractivity contribution is -0.118. The van der Waals surface area contributed by atoms with E-state index in [9.17, 15) is 9.18 Å². The number of benzene rings is 2. The summed E-state index contributed by atoms with van der Waals surface area (Å²) in [5.74, 6) is 0.667. The van der Waals surface area contributed by atoms with Gasteiger partial charge in [0.25, 0.3) is 0 Å². The Kier molecular flexibility index (Phi) is 7.21. The third kappa shape index (κ3) is 5.65. The van der Waals surface area contributed by atoms with E-state index >= 15 is 0 Å². The number of nitrogens with zero attached hydrogens (tertiary/aromatic N) is 2. The molecule has 2 aromatic rings. The molecule has 0 aromatic heterocycles. The number of hydrogen-bond acceptors (Lipinski definition) is 2. The van der Waals surface area contributed by atoms with Gasteiger partial charge in [-0.05, 0) is 75.0 Å². The molecule has 0 spiro atoms. The van der Waals surface area contributed by atoms with Crippen molar-refractivity contribution < 1.29 is 9.18 Å². The number of rotatable bonds is 7. The maximum absolute atomic E-state index is 13.1. The molecule has 0 unspecified atom stereocenters. The van der Waals surface area contributed by atoms with Gasteiger partial charge in [-0.1, -0.05) is 36.8 Å². The molecule has 1 aliphatic rings. The zero-order chi connectivity index (χ0) is 19.9. The quantitative estimate of drug-likeness (QED) is 0.685. The third-order valence-corrected chi connectivity index (χ3v) is 5.73. The van der Waals surface area contributed by atoms with Gasteiger partial charge in [0.15, 0.2) is 0 Å². The fourth-order valence-electron chi connectivity index (χ4n) is 3.92. The molecule has 1 aliphatic heterocycles. The summed E-state index contributed by atoms with van der Waals surface area (Å²) in [6, 6.07) is 15.1. The predicted octanol–water partition coefficient (Wildman–Crippen LogP) is 4.83. The second kappa shape index (κ2) is 9.83. The maximum Gasteiger partial charge on any atom is 0.226 e. The van der Waals surface area contributed by atoms with Gasteiger partial charge in [-0.2, -0.15) is 0 Å². The molecule has 3 rings (SSSR count). The summed E-state index contributed by atoms with van der Waals surface area (Å²) in [4.78, 5) is 16.8. The van der Waals surface area contributed by atoms with Crippen LogP contribution in [0, 0.1) is 18.7 Å². The van der Waals surface area contributed by atoms with Gasteiger partial charge in [0.05, 0.1) is 0 Å². The van der Waals surface area contributed by atoms with E-state index in [1.54, 1.807) is 12.1 Å². The van der Waals surface area contributed by atoms with E-state index < -0.39 is 0 Å². The lowest BCUT2D eigenvalue weighted by Gasteiger charge is -2.33. The molecular formula is C24H31FN2O. The normalized spacial score (nSPS) is 15.5. The highest BCUT2D eigenvalue weighted by Crippen LogP contribution is 2.22. The summed E-state index contributed by atoms with van der Waals surface area (Å²) >= 11 is 0. The Morgan fingerprint density at radius 2 is 1.71 bits per heavy atom. The number of hydrogen-bond donors (Lipinski definition) is 0. The van der Waals surface area contributed by atoms with Crippen molar-refractivity contribution in [1.82, 2.24) is 4.90 Å². The van der Waals surface area contributed by atoms with E-state index in [1.165, 1.54) is 11.1 Å². The summed E-state index contributed by atoms with van der Waals surface area (Å²) in [5.41, 5.74) is 3.42. The van der Waals surface area contributed by atoms with E-state index in [4.69, 9.17) is 0 Å². The first-order chi connectivity index (χ1) is 13.5. The number of carbonyl (C=O) groups excluding carboxylic acids is 1. The number of likely N-dealkylation sites (tertiary alicyclic amines) is 1. The van der Waals surface area contributed by atoms with Crippen LogP contribution < -0.4 is 4.90 Å². The minimum atomic E-state index is -0.168. The molecule has 0 atom stereocenters. The van der Waals surface area contributed by atoms with Crippen molar-refractivity contribution in [2.45, 2.75) is 39.5 Å². The second-order valence-corrected chi connectivity index (χ2v) is 7.85. The topological polar surface area (TPSA) is 23.6 Å². The van der Waals surface area contributed by atoms with Gasteiger partial charge >= 0.3 is 0 Å². The van der Waals surface area contributed by atoms with Crippen molar-refractivity contribution in [3.8, 4) is 0 Å². The van der Waals surface area contributed by atoms with E-state index in [0.717, 1.165) is 51.1 Å². The molecule has 1 saturated heterocycles. The lowest BCUT2D eigenvalue weighted by atomic mass is 9.90. The van der Waals surface area contributed by atoms with Crippen LogP contribution in [-0.4, -0.2) is 37.0 Å². The summed E-state index contributed by atoms with van der Waals surface area (Å²) in [5, 5.41) is 0. The standard InChI is InChI=1S/C24H31FN2O/c1-3-24(28)27(23-10-4-19(2)5-11-23)17-16-26-14-12-21(13-15-26)18-20-6-8-22(25)9-7-20/h4-11,21H,3,12-18H2,1-2H3. The maximum atomic E-state index is 13.1. The minimum Gasteiger partial charge on any atom is -0.311 e. The SMILES string of the molecule is CCC(=O)N(CCN1CCC(Cc2ccc(F)cc2)CC1)c1ccc(C)cc1. The average Bonchev–Trinajstić information content (AvgIpc) is 2.72. The van der Waals surface area contributed by atoms with Crippen molar-refractivity contribution in [3.05, 3.63) is 65.5 Å². The number of anilines is 1. The molecule has 0 bridgehead atoms. The van der Waals surface area contributed by atoms with Crippen molar-refractivity contribution in [3.63, 3.8) is 0 Å².